The van der Waals surface area contributed by atoms with Crippen LogP contribution in [0.15, 0.2) is 42.5 Å². The van der Waals surface area contributed by atoms with Crippen molar-refractivity contribution in [3.8, 4) is 0 Å². The van der Waals surface area contributed by atoms with Crippen LogP contribution in [-0.4, -0.2) is 27.8 Å². The summed E-state index contributed by atoms with van der Waals surface area (Å²) in [6, 6.07) is 9.28. The van der Waals surface area contributed by atoms with Gasteiger partial charge in [0.15, 0.2) is 0 Å². The third kappa shape index (κ3) is 3.90. The van der Waals surface area contributed by atoms with Gasteiger partial charge in [0.05, 0.1) is 0 Å². The number of aliphatic hydroxyl groups is 2. The van der Waals surface area contributed by atoms with E-state index in [0.717, 1.165) is 5.56 Å². The molecule has 1 aromatic rings. The predicted octanol–water partition coefficient (Wildman–Crippen LogP) is -0.947. The molecular formula is C13H16N2O4. The molecule has 0 fully saturated rings. The third-order valence-corrected chi connectivity index (χ3v) is 2.63. The number of amides is 2. The van der Waals surface area contributed by atoms with Crippen LogP contribution in [-0.2, 0) is 16.0 Å². The van der Waals surface area contributed by atoms with Crippen LogP contribution in [0, 0.1) is 5.92 Å². The first-order valence-corrected chi connectivity index (χ1v) is 5.60. The second-order valence-corrected chi connectivity index (χ2v) is 4.09. The van der Waals surface area contributed by atoms with Gasteiger partial charge in [0, 0.05) is 0 Å². The van der Waals surface area contributed by atoms with Gasteiger partial charge in [0.2, 0.25) is 5.91 Å². The van der Waals surface area contributed by atoms with Crippen LogP contribution in [0.5, 0.6) is 0 Å². The van der Waals surface area contributed by atoms with Crippen molar-refractivity contribution >= 4 is 11.8 Å². The second kappa shape index (κ2) is 6.12. The Labute approximate surface area is 110 Å². The summed E-state index contributed by atoms with van der Waals surface area (Å²) in [4.78, 5) is 22.0. The number of rotatable bonds is 6. The highest BCUT2D eigenvalue weighted by Gasteiger charge is 2.42. The number of carbonyl (C=O) groups excluding carboxylic acids is 2. The maximum Gasteiger partial charge on any atom is 0.278 e. The second-order valence-electron chi connectivity index (χ2n) is 4.09. The monoisotopic (exact) mass is 264 g/mol. The molecule has 0 aromatic heterocycles. The summed E-state index contributed by atoms with van der Waals surface area (Å²) in [5.41, 5.74) is 10.8. The fraction of sp³-hybridized carbons (Fsp3) is 0.231. The Balaban J connectivity index is 2.80. The number of hydrogen-bond donors (Lipinski definition) is 4. The van der Waals surface area contributed by atoms with Crippen molar-refractivity contribution in [1.29, 1.82) is 0 Å². The molecule has 0 spiro atoms. The Kier molecular flexibility index (Phi) is 4.80. The molecule has 0 aliphatic rings. The molecular weight excluding hydrogens is 248 g/mol. The molecule has 1 unspecified atom stereocenters. The number of allylic oxidation sites excluding steroid dienone is 1. The number of primary amides is 2. The van der Waals surface area contributed by atoms with Crippen LogP contribution in [0.25, 0.3) is 0 Å². The summed E-state index contributed by atoms with van der Waals surface area (Å²) < 4.78 is 0. The van der Waals surface area contributed by atoms with Crippen LogP contribution < -0.4 is 11.5 Å². The highest BCUT2D eigenvalue weighted by atomic mass is 16.5. The zero-order chi connectivity index (χ0) is 14.5. The molecule has 0 saturated carbocycles. The van der Waals surface area contributed by atoms with Gasteiger partial charge in [-0.15, -0.1) is 0 Å². The molecule has 0 radical (unpaired) electrons. The lowest BCUT2D eigenvalue weighted by atomic mass is 9.96. The summed E-state index contributed by atoms with van der Waals surface area (Å²) in [5.74, 6) is -7.05. The zero-order valence-corrected chi connectivity index (χ0v) is 10.2. The molecule has 1 rings (SSSR count). The van der Waals surface area contributed by atoms with Gasteiger partial charge in [-0.3, -0.25) is 9.59 Å². The number of carbonyl (C=O) groups is 2. The van der Waals surface area contributed by atoms with E-state index < -0.39 is 23.5 Å². The first kappa shape index (κ1) is 14.9. The summed E-state index contributed by atoms with van der Waals surface area (Å²) in [7, 11) is 0. The quantitative estimate of drug-likeness (QED) is 0.390. The van der Waals surface area contributed by atoms with E-state index in [-0.39, 0.29) is 0 Å². The zero-order valence-electron chi connectivity index (χ0n) is 10.2. The van der Waals surface area contributed by atoms with E-state index in [1.54, 1.807) is 0 Å². The van der Waals surface area contributed by atoms with E-state index in [4.69, 9.17) is 11.5 Å². The minimum absolute atomic E-state index is 0.458. The minimum Gasteiger partial charge on any atom is -0.369 e. The van der Waals surface area contributed by atoms with Gasteiger partial charge in [-0.25, -0.2) is 0 Å². The maximum atomic E-state index is 11.1. The lowest BCUT2D eigenvalue weighted by Crippen LogP contribution is -2.53. The van der Waals surface area contributed by atoms with E-state index in [9.17, 15) is 19.8 Å². The minimum atomic E-state index is -2.99. The molecule has 0 saturated heterocycles. The molecule has 6 N–H and O–H groups in total. The Bertz CT molecular complexity index is 483. The SMILES string of the molecule is NC(=O)C(/C=C/Cc1ccccc1)C(O)(O)C(N)=O. The van der Waals surface area contributed by atoms with Gasteiger partial charge in [0.1, 0.15) is 5.92 Å². The highest BCUT2D eigenvalue weighted by Crippen LogP contribution is 2.16. The number of nitrogens with two attached hydrogens (primary N) is 2. The largest absolute Gasteiger partial charge is 0.369 e. The smallest absolute Gasteiger partial charge is 0.278 e. The molecule has 19 heavy (non-hydrogen) atoms. The van der Waals surface area contributed by atoms with Crippen LogP contribution in [0.2, 0.25) is 0 Å². The van der Waals surface area contributed by atoms with E-state index in [2.05, 4.69) is 0 Å². The van der Waals surface area contributed by atoms with Crippen LogP contribution >= 0.6 is 0 Å². The molecule has 0 heterocycles. The highest BCUT2D eigenvalue weighted by molar-refractivity contribution is 5.90. The van der Waals surface area contributed by atoms with Gasteiger partial charge < -0.3 is 21.7 Å². The Morgan fingerprint density at radius 1 is 1.21 bits per heavy atom. The average Bonchev–Trinajstić information content (AvgIpc) is 2.35. The summed E-state index contributed by atoms with van der Waals surface area (Å²) in [5, 5.41) is 18.9. The lowest BCUT2D eigenvalue weighted by Gasteiger charge is -2.23. The summed E-state index contributed by atoms with van der Waals surface area (Å²) in [6.07, 6.45) is 3.15. The van der Waals surface area contributed by atoms with Crippen molar-refractivity contribution < 1.29 is 19.8 Å². The molecule has 0 aliphatic heterocycles. The van der Waals surface area contributed by atoms with Crippen molar-refractivity contribution in [2.45, 2.75) is 12.2 Å². The first-order valence-electron chi connectivity index (χ1n) is 5.60. The van der Waals surface area contributed by atoms with Crippen molar-refractivity contribution in [2.24, 2.45) is 17.4 Å². The summed E-state index contributed by atoms with van der Waals surface area (Å²) in [6.45, 7) is 0. The number of hydrogen-bond acceptors (Lipinski definition) is 4. The van der Waals surface area contributed by atoms with Crippen molar-refractivity contribution in [1.82, 2.24) is 0 Å². The normalized spacial score (nSPS) is 13.4. The molecule has 102 valence electrons. The molecule has 2 amide bonds. The topological polar surface area (TPSA) is 127 Å². The van der Waals surface area contributed by atoms with E-state index in [1.165, 1.54) is 12.2 Å². The Morgan fingerprint density at radius 2 is 1.79 bits per heavy atom. The molecule has 0 bridgehead atoms. The molecule has 0 aliphatic carbocycles. The maximum absolute atomic E-state index is 11.1. The van der Waals surface area contributed by atoms with Gasteiger partial charge in [-0.2, -0.15) is 0 Å². The van der Waals surface area contributed by atoms with E-state index >= 15 is 0 Å². The standard InChI is InChI=1S/C13H16N2O4/c14-11(16)10(13(18,19)12(15)17)8-4-7-9-5-2-1-3-6-9/h1-6,8,10,18-19H,7H2,(H2,14,16)(H2,15,17)/b8-4+. The van der Waals surface area contributed by atoms with Crippen molar-refractivity contribution in [2.75, 3.05) is 0 Å². The fourth-order valence-electron chi connectivity index (χ4n) is 1.53. The van der Waals surface area contributed by atoms with Crippen LogP contribution in [0.4, 0.5) is 0 Å². The van der Waals surface area contributed by atoms with Gasteiger partial charge in [-0.05, 0) is 12.0 Å². The lowest BCUT2D eigenvalue weighted by molar-refractivity contribution is -0.196. The van der Waals surface area contributed by atoms with Crippen molar-refractivity contribution in [3.63, 3.8) is 0 Å². The van der Waals surface area contributed by atoms with Gasteiger partial charge in [0.25, 0.3) is 11.7 Å². The summed E-state index contributed by atoms with van der Waals surface area (Å²) >= 11 is 0. The Morgan fingerprint density at radius 3 is 2.26 bits per heavy atom. The van der Waals surface area contributed by atoms with E-state index in [1.807, 2.05) is 30.3 Å². The Hall–Kier alpha value is -2.18. The van der Waals surface area contributed by atoms with Gasteiger partial charge >= 0.3 is 0 Å². The molecule has 1 atom stereocenters. The predicted molar refractivity (Wildman–Crippen MR) is 68.3 cm³/mol. The van der Waals surface area contributed by atoms with Crippen molar-refractivity contribution in [3.05, 3.63) is 48.0 Å². The van der Waals surface area contributed by atoms with Crippen LogP contribution in [0.3, 0.4) is 0 Å². The van der Waals surface area contributed by atoms with Crippen LogP contribution in [0.1, 0.15) is 5.56 Å². The fourth-order valence-corrected chi connectivity index (χ4v) is 1.53. The van der Waals surface area contributed by atoms with E-state index in [0.29, 0.717) is 6.42 Å². The first-order chi connectivity index (χ1) is 8.85. The number of benzene rings is 1. The molecule has 6 heteroatoms. The van der Waals surface area contributed by atoms with Gasteiger partial charge in [-0.1, -0.05) is 42.5 Å². The third-order valence-electron chi connectivity index (χ3n) is 2.63. The average molecular weight is 264 g/mol. The molecule has 1 aromatic carbocycles. The molecule has 6 nitrogen and oxygen atoms in total.